The van der Waals surface area contributed by atoms with Crippen LogP contribution in [0.1, 0.15) is 21.9 Å². The summed E-state index contributed by atoms with van der Waals surface area (Å²) in [5.41, 5.74) is 0.442. The molecule has 3 rings (SSSR count). The Bertz CT molecular complexity index is 1110. The standard InChI is InChI=1S/C22H22N2O8/c1-28-13-5-7-17(18(10-13)24(26)27)23-22(25)19-8-6-14(32-19)9-16-20(30-3)11-15(29-2)12-21(16)31-4/h5-8,10-12H,9H2,1-4H3,(H,23,25). The smallest absolute Gasteiger partial charge is 0.296 e. The van der Waals surface area contributed by atoms with Crippen LogP contribution in [-0.2, 0) is 6.42 Å². The fraction of sp³-hybridized carbons (Fsp3) is 0.227. The molecule has 0 spiro atoms. The first-order chi connectivity index (χ1) is 15.4. The minimum Gasteiger partial charge on any atom is -0.496 e. The Balaban J connectivity index is 1.83. The van der Waals surface area contributed by atoms with Crippen LogP contribution in [-0.4, -0.2) is 39.3 Å². The van der Waals surface area contributed by atoms with Gasteiger partial charge in [-0.3, -0.25) is 14.9 Å². The highest BCUT2D eigenvalue weighted by atomic mass is 16.6. The van der Waals surface area contributed by atoms with E-state index in [1.807, 2.05) is 0 Å². The van der Waals surface area contributed by atoms with Gasteiger partial charge in [-0.1, -0.05) is 0 Å². The number of nitrogens with one attached hydrogen (secondary N) is 1. The summed E-state index contributed by atoms with van der Waals surface area (Å²) in [7, 11) is 5.99. The molecule has 0 saturated carbocycles. The quantitative estimate of drug-likeness (QED) is 0.389. The summed E-state index contributed by atoms with van der Waals surface area (Å²) in [5.74, 6) is 1.80. The van der Waals surface area contributed by atoms with E-state index in [-0.39, 0.29) is 23.6 Å². The van der Waals surface area contributed by atoms with Crippen molar-refractivity contribution in [1.29, 1.82) is 0 Å². The number of furan rings is 1. The van der Waals surface area contributed by atoms with Gasteiger partial charge in [0.15, 0.2) is 5.76 Å². The van der Waals surface area contributed by atoms with Crippen molar-refractivity contribution in [3.8, 4) is 23.0 Å². The summed E-state index contributed by atoms with van der Waals surface area (Å²) in [6.07, 6.45) is 0.284. The number of benzene rings is 2. The van der Waals surface area contributed by atoms with Crippen LogP contribution in [0.5, 0.6) is 23.0 Å². The predicted octanol–water partition coefficient (Wildman–Crippen LogP) is 4.07. The van der Waals surface area contributed by atoms with Crippen LogP contribution in [0.4, 0.5) is 11.4 Å². The molecular formula is C22H22N2O8. The van der Waals surface area contributed by atoms with Gasteiger partial charge in [0.1, 0.15) is 34.4 Å². The highest BCUT2D eigenvalue weighted by molar-refractivity contribution is 6.03. The Morgan fingerprint density at radius 3 is 2.16 bits per heavy atom. The molecule has 0 radical (unpaired) electrons. The van der Waals surface area contributed by atoms with Crippen LogP contribution >= 0.6 is 0 Å². The molecule has 10 heteroatoms. The molecule has 3 aromatic rings. The molecule has 10 nitrogen and oxygen atoms in total. The highest BCUT2D eigenvalue weighted by Gasteiger charge is 2.21. The number of hydrogen-bond acceptors (Lipinski definition) is 8. The topological polar surface area (TPSA) is 122 Å². The van der Waals surface area contributed by atoms with E-state index in [4.69, 9.17) is 23.4 Å². The number of hydrogen-bond donors (Lipinski definition) is 1. The zero-order valence-corrected chi connectivity index (χ0v) is 18.0. The lowest BCUT2D eigenvalue weighted by Gasteiger charge is -2.14. The summed E-state index contributed by atoms with van der Waals surface area (Å²) in [6, 6.07) is 10.7. The number of carbonyl (C=O) groups is 1. The number of methoxy groups -OCH3 is 4. The van der Waals surface area contributed by atoms with Crippen molar-refractivity contribution in [2.75, 3.05) is 33.8 Å². The summed E-state index contributed by atoms with van der Waals surface area (Å²) < 4.78 is 26.8. The molecule has 0 fully saturated rings. The van der Waals surface area contributed by atoms with Crippen molar-refractivity contribution >= 4 is 17.3 Å². The van der Waals surface area contributed by atoms with Gasteiger partial charge in [0.2, 0.25) is 0 Å². The first-order valence-corrected chi connectivity index (χ1v) is 9.41. The average molecular weight is 442 g/mol. The fourth-order valence-electron chi connectivity index (χ4n) is 3.10. The molecule has 1 amide bonds. The Morgan fingerprint density at radius 2 is 1.59 bits per heavy atom. The van der Waals surface area contributed by atoms with E-state index in [9.17, 15) is 14.9 Å². The zero-order valence-electron chi connectivity index (χ0n) is 18.0. The monoisotopic (exact) mass is 442 g/mol. The lowest BCUT2D eigenvalue weighted by Crippen LogP contribution is -2.12. The van der Waals surface area contributed by atoms with Gasteiger partial charge < -0.3 is 28.7 Å². The molecule has 1 aromatic heterocycles. The number of nitrogens with zero attached hydrogens (tertiary/aromatic N) is 1. The lowest BCUT2D eigenvalue weighted by atomic mass is 10.1. The second-order valence-corrected chi connectivity index (χ2v) is 6.55. The van der Waals surface area contributed by atoms with E-state index in [0.717, 1.165) is 0 Å². The minimum atomic E-state index is -0.627. The number of carbonyl (C=O) groups excluding carboxylic acids is 1. The van der Waals surface area contributed by atoms with Crippen LogP contribution in [0.25, 0.3) is 0 Å². The molecule has 1 N–H and O–H groups in total. The van der Waals surface area contributed by atoms with Crippen molar-refractivity contribution in [3.63, 3.8) is 0 Å². The van der Waals surface area contributed by atoms with E-state index in [2.05, 4.69) is 5.32 Å². The Labute approximate surface area is 183 Å². The van der Waals surface area contributed by atoms with Crippen LogP contribution in [0.15, 0.2) is 46.9 Å². The molecule has 0 aliphatic rings. The Kier molecular flexibility index (Phi) is 6.83. The number of nitro benzene ring substituents is 1. The Hall–Kier alpha value is -4.21. The summed E-state index contributed by atoms with van der Waals surface area (Å²) in [6.45, 7) is 0. The third-order valence-electron chi connectivity index (χ3n) is 4.70. The summed E-state index contributed by atoms with van der Waals surface area (Å²) >= 11 is 0. The molecule has 0 bridgehead atoms. The third kappa shape index (κ3) is 4.75. The molecule has 32 heavy (non-hydrogen) atoms. The highest BCUT2D eigenvalue weighted by Crippen LogP contribution is 2.36. The number of rotatable bonds is 9. The number of anilines is 1. The number of amides is 1. The molecule has 0 unspecified atom stereocenters. The van der Waals surface area contributed by atoms with Crippen molar-refractivity contribution in [1.82, 2.24) is 0 Å². The lowest BCUT2D eigenvalue weighted by molar-refractivity contribution is -0.384. The van der Waals surface area contributed by atoms with Gasteiger partial charge in [-0.25, -0.2) is 0 Å². The van der Waals surface area contributed by atoms with E-state index in [0.29, 0.717) is 34.3 Å². The van der Waals surface area contributed by atoms with Crippen molar-refractivity contribution < 1.29 is 33.1 Å². The molecular weight excluding hydrogens is 420 g/mol. The molecule has 0 aliphatic carbocycles. The van der Waals surface area contributed by atoms with E-state index in [1.54, 1.807) is 25.3 Å². The first kappa shape index (κ1) is 22.5. The maximum Gasteiger partial charge on any atom is 0.296 e. The third-order valence-corrected chi connectivity index (χ3v) is 4.70. The first-order valence-electron chi connectivity index (χ1n) is 9.41. The molecule has 0 aliphatic heterocycles. The predicted molar refractivity (Wildman–Crippen MR) is 115 cm³/mol. The number of nitro groups is 1. The minimum absolute atomic E-state index is 0.00318. The molecule has 168 valence electrons. The molecule has 0 saturated heterocycles. The molecule has 2 aromatic carbocycles. The van der Waals surface area contributed by atoms with E-state index < -0.39 is 10.8 Å². The molecule has 1 heterocycles. The SMILES string of the molecule is COc1cc(OC)c(Cc2ccc(C(=O)Nc3ccc(OC)cc3[N+](=O)[O-])o2)c(OC)c1. The van der Waals surface area contributed by atoms with E-state index in [1.165, 1.54) is 45.6 Å². The van der Waals surface area contributed by atoms with Gasteiger partial charge in [0.05, 0.1) is 39.4 Å². The van der Waals surface area contributed by atoms with Gasteiger partial charge in [-0.05, 0) is 24.3 Å². The summed E-state index contributed by atoms with van der Waals surface area (Å²) in [4.78, 5) is 23.3. The fourth-order valence-corrected chi connectivity index (χ4v) is 3.10. The van der Waals surface area contributed by atoms with Crippen LogP contribution in [0, 0.1) is 10.1 Å². The second kappa shape index (κ2) is 9.73. The van der Waals surface area contributed by atoms with Crippen molar-refractivity contribution in [2.45, 2.75) is 6.42 Å². The maximum atomic E-state index is 12.6. The second-order valence-electron chi connectivity index (χ2n) is 6.55. The summed E-state index contributed by atoms with van der Waals surface area (Å²) in [5, 5.41) is 13.8. The largest absolute Gasteiger partial charge is 0.496 e. The van der Waals surface area contributed by atoms with Crippen molar-refractivity contribution in [3.05, 3.63) is 69.7 Å². The van der Waals surface area contributed by atoms with Gasteiger partial charge in [0, 0.05) is 24.1 Å². The van der Waals surface area contributed by atoms with Crippen LogP contribution < -0.4 is 24.3 Å². The Morgan fingerprint density at radius 1 is 0.938 bits per heavy atom. The van der Waals surface area contributed by atoms with Gasteiger partial charge >= 0.3 is 0 Å². The zero-order chi connectivity index (χ0) is 23.3. The van der Waals surface area contributed by atoms with Gasteiger partial charge in [-0.15, -0.1) is 0 Å². The average Bonchev–Trinajstić information content (AvgIpc) is 3.28. The number of ether oxygens (including phenoxy) is 4. The normalized spacial score (nSPS) is 10.4. The van der Waals surface area contributed by atoms with E-state index >= 15 is 0 Å². The molecule has 0 atom stereocenters. The van der Waals surface area contributed by atoms with Gasteiger partial charge in [0.25, 0.3) is 11.6 Å². The van der Waals surface area contributed by atoms with Crippen LogP contribution in [0.3, 0.4) is 0 Å². The maximum absolute atomic E-state index is 12.6. The van der Waals surface area contributed by atoms with Crippen molar-refractivity contribution in [2.24, 2.45) is 0 Å². The van der Waals surface area contributed by atoms with Gasteiger partial charge in [-0.2, -0.15) is 0 Å². The van der Waals surface area contributed by atoms with Crippen LogP contribution in [0.2, 0.25) is 0 Å².